The highest BCUT2D eigenvalue weighted by Crippen LogP contribution is 2.15. The van der Waals surface area contributed by atoms with Crippen molar-refractivity contribution in [2.75, 3.05) is 26.2 Å². The van der Waals surface area contributed by atoms with Gasteiger partial charge in [-0.1, -0.05) is 12.1 Å². The van der Waals surface area contributed by atoms with Gasteiger partial charge in [0.1, 0.15) is 0 Å². The van der Waals surface area contributed by atoms with E-state index in [1.165, 1.54) is 31.5 Å². The molecule has 21 heavy (non-hydrogen) atoms. The van der Waals surface area contributed by atoms with E-state index >= 15 is 0 Å². The Morgan fingerprint density at radius 2 is 1.95 bits per heavy atom. The molecule has 1 fully saturated rings. The summed E-state index contributed by atoms with van der Waals surface area (Å²) in [6, 6.07) is 9.08. The minimum atomic E-state index is 0.393. The van der Waals surface area contributed by atoms with E-state index < -0.39 is 0 Å². The smallest absolute Gasteiger partial charge is 0.0991 e. The Morgan fingerprint density at radius 1 is 1.19 bits per heavy atom. The van der Waals surface area contributed by atoms with Crippen LogP contribution in [0.1, 0.15) is 31.4 Å². The third kappa shape index (κ3) is 3.71. The molecule has 1 atom stereocenters. The van der Waals surface area contributed by atoms with Gasteiger partial charge < -0.3 is 14.8 Å². The van der Waals surface area contributed by atoms with Crippen LogP contribution in [0.2, 0.25) is 0 Å². The van der Waals surface area contributed by atoms with E-state index in [0.29, 0.717) is 6.04 Å². The summed E-state index contributed by atoms with van der Waals surface area (Å²) in [5.74, 6) is 0. The summed E-state index contributed by atoms with van der Waals surface area (Å²) in [5.41, 5.74) is 2.49. The summed E-state index contributed by atoms with van der Waals surface area (Å²) in [5, 5.41) is 3.62. The molecule has 1 unspecified atom stereocenters. The van der Waals surface area contributed by atoms with E-state index in [2.05, 4.69) is 46.4 Å². The van der Waals surface area contributed by atoms with E-state index in [0.717, 1.165) is 18.8 Å². The number of benzene rings is 1. The first-order valence-corrected chi connectivity index (χ1v) is 7.87. The summed E-state index contributed by atoms with van der Waals surface area (Å²) in [4.78, 5) is 6.62. The molecule has 1 N–H and O–H groups in total. The lowest BCUT2D eigenvalue weighted by molar-refractivity contribution is 0.330. The fraction of sp³-hybridized carbons (Fsp3) is 0.471. The summed E-state index contributed by atoms with van der Waals surface area (Å²) in [6.07, 6.45) is 8.33. The van der Waals surface area contributed by atoms with Crippen molar-refractivity contribution < 1.29 is 0 Å². The number of aromatic nitrogens is 2. The van der Waals surface area contributed by atoms with Crippen LogP contribution >= 0.6 is 0 Å². The molecule has 112 valence electrons. The van der Waals surface area contributed by atoms with Crippen molar-refractivity contribution in [2.45, 2.75) is 25.8 Å². The number of rotatable bonds is 6. The van der Waals surface area contributed by atoms with E-state index in [1.807, 2.05) is 17.1 Å². The highest BCUT2D eigenvalue weighted by atomic mass is 15.2. The van der Waals surface area contributed by atoms with Crippen LogP contribution in [0.15, 0.2) is 43.0 Å². The van der Waals surface area contributed by atoms with Gasteiger partial charge in [-0.2, -0.15) is 0 Å². The van der Waals surface area contributed by atoms with Gasteiger partial charge in [-0.25, -0.2) is 4.98 Å². The first kappa shape index (κ1) is 14.3. The number of nitrogens with one attached hydrogen (secondary N) is 1. The number of imidazole rings is 1. The highest BCUT2D eigenvalue weighted by Gasteiger charge is 2.11. The predicted molar refractivity (Wildman–Crippen MR) is 85.7 cm³/mol. The van der Waals surface area contributed by atoms with Gasteiger partial charge in [0.15, 0.2) is 0 Å². The Morgan fingerprint density at radius 3 is 2.62 bits per heavy atom. The molecule has 2 heterocycles. The Bertz CT molecular complexity index is 526. The molecule has 0 radical (unpaired) electrons. The topological polar surface area (TPSA) is 33.1 Å². The van der Waals surface area contributed by atoms with Crippen LogP contribution in [0, 0.1) is 0 Å². The molecule has 4 heteroatoms. The molecular weight excluding hydrogens is 260 g/mol. The van der Waals surface area contributed by atoms with Crippen molar-refractivity contribution >= 4 is 0 Å². The standard InChI is InChI=1S/C17H24N4/c1-15(19-9-12-20-10-2-3-11-20)16-4-6-17(7-5-16)21-13-8-18-14-21/h4-8,13-15,19H,2-3,9-12H2,1H3. The van der Waals surface area contributed by atoms with Gasteiger partial charge in [0.05, 0.1) is 6.33 Å². The van der Waals surface area contributed by atoms with Crippen LogP contribution in [0.3, 0.4) is 0 Å². The maximum atomic E-state index is 4.08. The first-order valence-electron chi connectivity index (χ1n) is 7.87. The third-order valence-corrected chi connectivity index (χ3v) is 4.27. The molecule has 1 aliphatic rings. The van der Waals surface area contributed by atoms with Gasteiger partial charge >= 0.3 is 0 Å². The maximum absolute atomic E-state index is 4.08. The maximum Gasteiger partial charge on any atom is 0.0991 e. The summed E-state index contributed by atoms with van der Waals surface area (Å²) in [6.45, 7) is 7.00. The summed E-state index contributed by atoms with van der Waals surface area (Å²) < 4.78 is 2.02. The van der Waals surface area contributed by atoms with Crippen molar-refractivity contribution in [3.63, 3.8) is 0 Å². The van der Waals surface area contributed by atoms with E-state index in [4.69, 9.17) is 0 Å². The van der Waals surface area contributed by atoms with Gasteiger partial charge in [0.2, 0.25) is 0 Å². The molecule has 0 aliphatic carbocycles. The molecule has 0 bridgehead atoms. The Hall–Kier alpha value is -1.65. The van der Waals surface area contributed by atoms with Gasteiger partial charge in [0.25, 0.3) is 0 Å². The Labute approximate surface area is 126 Å². The molecule has 4 nitrogen and oxygen atoms in total. The fourth-order valence-corrected chi connectivity index (χ4v) is 2.91. The van der Waals surface area contributed by atoms with Crippen LogP contribution in [0.4, 0.5) is 0 Å². The molecule has 1 aromatic heterocycles. The summed E-state index contributed by atoms with van der Waals surface area (Å²) >= 11 is 0. The lowest BCUT2D eigenvalue weighted by Gasteiger charge is -2.19. The van der Waals surface area contributed by atoms with Crippen molar-refractivity contribution in [3.8, 4) is 5.69 Å². The van der Waals surface area contributed by atoms with Crippen molar-refractivity contribution in [2.24, 2.45) is 0 Å². The summed E-state index contributed by atoms with van der Waals surface area (Å²) in [7, 11) is 0. The molecule has 2 aromatic rings. The second-order valence-corrected chi connectivity index (χ2v) is 5.79. The highest BCUT2D eigenvalue weighted by molar-refractivity contribution is 5.35. The fourth-order valence-electron chi connectivity index (χ4n) is 2.91. The van der Waals surface area contributed by atoms with Gasteiger partial charge in [0, 0.05) is 37.2 Å². The minimum absolute atomic E-state index is 0.393. The molecular formula is C17H24N4. The van der Waals surface area contributed by atoms with Crippen molar-refractivity contribution in [1.29, 1.82) is 0 Å². The average molecular weight is 284 g/mol. The van der Waals surface area contributed by atoms with Crippen molar-refractivity contribution in [1.82, 2.24) is 19.8 Å². The molecule has 1 saturated heterocycles. The van der Waals surface area contributed by atoms with Crippen LogP contribution in [0.25, 0.3) is 5.69 Å². The van der Waals surface area contributed by atoms with Crippen molar-refractivity contribution in [3.05, 3.63) is 48.5 Å². The number of hydrogen-bond acceptors (Lipinski definition) is 3. The van der Waals surface area contributed by atoms with E-state index in [-0.39, 0.29) is 0 Å². The average Bonchev–Trinajstić information content (AvgIpc) is 3.21. The van der Waals surface area contributed by atoms with Crippen LogP contribution in [-0.2, 0) is 0 Å². The number of likely N-dealkylation sites (tertiary alicyclic amines) is 1. The molecule has 0 amide bonds. The molecule has 3 rings (SSSR count). The van der Waals surface area contributed by atoms with E-state index in [9.17, 15) is 0 Å². The largest absolute Gasteiger partial charge is 0.309 e. The lowest BCUT2D eigenvalue weighted by Crippen LogP contribution is -2.31. The zero-order chi connectivity index (χ0) is 14.5. The second kappa shape index (κ2) is 6.87. The van der Waals surface area contributed by atoms with Crippen LogP contribution in [0.5, 0.6) is 0 Å². The Balaban J connectivity index is 1.51. The minimum Gasteiger partial charge on any atom is -0.309 e. The number of hydrogen-bond donors (Lipinski definition) is 1. The van der Waals surface area contributed by atoms with Crippen LogP contribution in [-0.4, -0.2) is 40.6 Å². The molecule has 0 spiro atoms. The van der Waals surface area contributed by atoms with Gasteiger partial charge in [-0.3, -0.25) is 0 Å². The zero-order valence-corrected chi connectivity index (χ0v) is 12.7. The molecule has 1 aromatic carbocycles. The lowest BCUT2D eigenvalue weighted by atomic mass is 10.1. The SMILES string of the molecule is CC(NCCN1CCCC1)c1ccc(-n2ccnc2)cc1. The monoisotopic (exact) mass is 284 g/mol. The second-order valence-electron chi connectivity index (χ2n) is 5.79. The first-order chi connectivity index (χ1) is 10.3. The predicted octanol–water partition coefficient (Wildman–Crippen LogP) is 2.62. The molecule has 0 saturated carbocycles. The zero-order valence-electron chi connectivity index (χ0n) is 12.7. The van der Waals surface area contributed by atoms with Crippen LogP contribution < -0.4 is 5.32 Å². The van der Waals surface area contributed by atoms with E-state index in [1.54, 1.807) is 6.20 Å². The number of nitrogens with zero attached hydrogens (tertiary/aromatic N) is 3. The van der Waals surface area contributed by atoms with Gasteiger partial charge in [-0.05, 0) is 50.6 Å². The Kier molecular flexibility index (Phi) is 4.68. The quantitative estimate of drug-likeness (QED) is 0.885. The normalized spacial score (nSPS) is 17.2. The third-order valence-electron chi connectivity index (χ3n) is 4.27. The van der Waals surface area contributed by atoms with Gasteiger partial charge in [-0.15, -0.1) is 0 Å². The molecule has 1 aliphatic heterocycles.